The average molecular weight is 358 g/mol. The van der Waals surface area contributed by atoms with E-state index in [2.05, 4.69) is 45.0 Å². The van der Waals surface area contributed by atoms with E-state index in [4.69, 9.17) is 11.6 Å². The zero-order valence-electron chi connectivity index (χ0n) is 10.2. The summed E-state index contributed by atoms with van der Waals surface area (Å²) in [6, 6.07) is 12.8. The average Bonchev–Trinajstić information content (AvgIpc) is 2.26. The number of rotatable bonds is 2. The second-order valence-electron chi connectivity index (χ2n) is 4.24. The van der Waals surface area contributed by atoms with Crippen molar-refractivity contribution in [3.05, 3.63) is 65.3 Å². The molecule has 0 fully saturated rings. The summed E-state index contributed by atoms with van der Waals surface area (Å²) in [5.41, 5.74) is 4.19. The zero-order chi connectivity index (χ0) is 12.4. The topological polar surface area (TPSA) is 0 Å². The normalized spacial score (nSPS) is 10.6. The fourth-order valence-electron chi connectivity index (χ4n) is 1.91. The van der Waals surface area contributed by atoms with Crippen molar-refractivity contribution in [2.45, 2.75) is 20.8 Å². The van der Waals surface area contributed by atoms with Gasteiger partial charge in [-0.05, 0) is 45.0 Å². The van der Waals surface area contributed by atoms with Crippen LogP contribution in [0.25, 0.3) is 0 Å². The van der Waals surface area contributed by atoms with Crippen molar-refractivity contribution in [2.24, 2.45) is 0 Å². The predicted octanol–water partition coefficient (Wildman–Crippen LogP) is 1.39. The lowest BCUT2D eigenvalue weighted by Crippen LogP contribution is -3.62. The van der Waals surface area contributed by atoms with Gasteiger partial charge in [-0.15, -0.1) is 0 Å². The predicted molar refractivity (Wildman–Crippen MR) is 69.5 cm³/mol. The lowest BCUT2D eigenvalue weighted by molar-refractivity contribution is -0.598. The van der Waals surface area contributed by atoms with E-state index in [-0.39, 0.29) is 21.2 Å². The van der Waals surface area contributed by atoms with E-state index in [0.29, 0.717) is 0 Å². The Labute approximate surface area is 118 Å². The first-order valence-corrected chi connectivity index (χ1v) is 8.08. The molecule has 2 aromatic rings. The van der Waals surface area contributed by atoms with Crippen LogP contribution in [0.15, 0.2) is 36.4 Å². The summed E-state index contributed by atoms with van der Waals surface area (Å²) in [5, 5.41) is 0.815. The molecule has 2 heteroatoms. The van der Waals surface area contributed by atoms with Crippen LogP contribution in [0.5, 0.6) is 0 Å². The molecule has 0 unspecified atom stereocenters. The van der Waals surface area contributed by atoms with Crippen LogP contribution in [-0.2, 0) is 0 Å². The second-order valence-corrected chi connectivity index (χ2v) is 7.54. The number of benzene rings is 2. The molecule has 0 bridgehead atoms. The third-order valence-corrected chi connectivity index (χ3v) is 6.42. The van der Waals surface area contributed by atoms with E-state index in [1.54, 1.807) is 0 Å². The van der Waals surface area contributed by atoms with Crippen LogP contribution >= 0.6 is 11.6 Å². The van der Waals surface area contributed by atoms with Crippen molar-refractivity contribution in [2.75, 3.05) is 0 Å². The van der Waals surface area contributed by atoms with Crippen LogP contribution < -0.4 is 21.2 Å². The van der Waals surface area contributed by atoms with Gasteiger partial charge in [0, 0.05) is 16.1 Å². The summed E-state index contributed by atoms with van der Waals surface area (Å²) in [7, 11) is 0. The summed E-state index contributed by atoms with van der Waals surface area (Å²) in [6.45, 7) is 6.58. The molecule has 0 heterocycles. The van der Waals surface area contributed by atoms with Crippen LogP contribution in [0.1, 0.15) is 16.7 Å². The third-order valence-electron chi connectivity index (χ3n) is 2.59. The molecule has 2 aromatic carbocycles. The Morgan fingerprint density at radius 1 is 0.882 bits per heavy atom. The summed E-state index contributed by atoms with van der Waals surface area (Å²) < 4.78 is 2.96. The van der Waals surface area contributed by atoms with E-state index in [0.717, 1.165) is 5.02 Å². The second kappa shape index (κ2) is 5.40. The Balaban J connectivity index is 2.33. The molecule has 0 amide bonds. The summed E-state index contributed by atoms with van der Waals surface area (Å²) >= 11 is 5.81. The molecule has 0 spiro atoms. The highest BCUT2D eigenvalue weighted by Gasteiger charge is 2.20. The van der Waals surface area contributed by atoms with Crippen LogP contribution in [0.3, 0.4) is 0 Å². The standard InChI is InChI=1S/C15H15ClI/c1-10-8-11(2)15(12(3)9-10)17-14-6-4-13(16)5-7-14/h4-9H,1-3H3/q+1. The molecule has 0 saturated carbocycles. The molecule has 0 N–H and O–H groups in total. The number of hydrogen-bond acceptors (Lipinski definition) is 0. The van der Waals surface area contributed by atoms with Gasteiger partial charge in [0.15, 0.2) is 7.14 Å². The minimum atomic E-state index is -0.0989. The number of hydrogen-bond donors (Lipinski definition) is 0. The SMILES string of the molecule is Cc1cc(C)c([I+]c2ccc(Cl)cc2)c(C)c1. The molecule has 0 aliphatic heterocycles. The van der Waals surface area contributed by atoms with Gasteiger partial charge in [0.25, 0.3) is 0 Å². The Morgan fingerprint density at radius 3 is 1.94 bits per heavy atom. The molecule has 0 saturated heterocycles. The molecule has 0 atom stereocenters. The van der Waals surface area contributed by atoms with Crippen LogP contribution in [0.2, 0.25) is 5.02 Å². The van der Waals surface area contributed by atoms with Crippen LogP contribution in [0.4, 0.5) is 0 Å². The van der Waals surface area contributed by atoms with Gasteiger partial charge in [-0.1, -0.05) is 29.3 Å². The van der Waals surface area contributed by atoms with Gasteiger partial charge >= 0.3 is 21.2 Å². The first-order chi connectivity index (χ1) is 8.06. The zero-order valence-corrected chi connectivity index (χ0v) is 13.1. The van der Waals surface area contributed by atoms with Gasteiger partial charge < -0.3 is 0 Å². The van der Waals surface area contributed by atoms with Gasteiger partial charge in [-0.2, -0.15) is 0 Å². The smallest absolute Gasteiger partial charge is 0.0843 e. The lowest BCUT2D eigenvalue weighted by atomic mass is 10.1. The monoisotopic (exact) mass is 357 g/mol. The van der Waals surface area contributed by atoms with Crippen molar-refractivity contribution in [1.82, 2.24) is 0 Å². The summed E-state index contributed by atoms with van der Waals surface area (Å²) in [5.74, 6) is 0. The summed E-state index contributed by atoms with van der Waals surface area (Å²) in [6.07, 6.45) is 0. The van der Waals surface area contributed by atoms with Crippen LogP contribution in [-0.4, -0.2) is 0 Å². The first-order valence-electron chi connectivity index (χ1n) is 5.54. The maximum absolute atomic E-state index is 5.91. The van der Waals surface area contributed by atoms with Gasteiger partial charge in [0.05, 0.1) is 0 Å². The van der Waals surface area contributed by atoms with Gasteiger partial charge in [0.1, 0.15) is 0 Å². The van der Waals surface area contributed by atoms with E-state index < -0.39 is 0 Å². The molecule has 0 aliphatic carbocycles. The highest BCUT2D eigenvalue weighted by Crippen LogP contribution is 2.08. The Bertz CT molecular complexity index is 506. The maximum Gasteiger partial charge on any atom is 0.358 e. The lowest BCUT2D eigenvalue weighted by Gasteiger charge is -2.00. The summed E-state index contributed by atoms with van der Waals surface area (Å²) in [4.78, 5) is 0. The van der Waals surface area contributed by atoms with Gasteiger partial charge in [-0.25, -0.2) is 0 Å². The highest BCUT2D eigenvalue weighted by molar-refractivity contribution is 6.30. The maximum atomic E-state index is 5.91. The quantitative estimate of drug-likeness (QED) is 0.713. The molecule has 2 rings (SSSR count). The van der Waals surface area contributed by atoms with E-state index in [1.807, 2.05) is 12.1 Å². The molecular formula is C15H15ClI+. The van der Waals surface area contributed by atoms with Gasteiger partial charge in [0.2, 0.25) is 0 Å². The molecule has 0 radical (unpaired) electrons. The van der Waals surface area contributed by atoms with Gasteiger partial charge in [-0.3, -0.25) is 0 Å². The largest absolute Gasteiger partial charge is 0.358 e. The third kappa shape index (κ3) is 3.23. The molecule has 0 aliphatic rings. The number of halogens is 2. The fourth-order valence-corrected chi connectivity index (χ4v) is 4.54. The van der Waals surface area contributed by atoms with Crippen LogP contribution in [0, 0.1) is 27.9 Å². The Kier molecular flexibility index (Phi) is 4.10. The van der Waals surface area contributed by atoms with Crippen molar-refractivity contribution in [3.63, 3.8) is 0 Å². The van der Waals surface area contributed by atoms with Crippen molar-refractivity contribution in [3.8, 4) is 0 Å². The van der Waals surface area contributed by atoms with Crippen molar-refractivity contribution < 1.29 is 21.2 Å². The van der Waals surface area contributed by atoms with E-state index >= 15 is 0 Å². The first kappa shape index (κ1) is 12.9. The highest BCUT2D eigenvalue weighted by atomic mass is 127. The van der Waals surface area contributed by atoms with Crippen molar-refractivity contribution in [1.29, 1.82) is 0 Å². The molecule has 0 aromatic heterocycles. The molecule has 0 nitrogen and oxygen atoms in total. The molecule has 17 heavy (non-hydrogen) atoms. The molecule has 88 valence electrons. The van der Waals surface area contributed by atoms with E-state index in [9.17, 15) is 0 Å². The van der Waals surface area contributed by atoms with Crippen molar-refractivity contribution >= 4 is 11.6 Å². The minimum Gasteiger partial charge on any atom is -0.0843 e. The molecular weight excluding hydrogens is 343 g/mol. The number of aryl methyl sites for hydroxylation is 3. The minimum absolute atomic E-state index is 0.0989. The fraction of sp³-hybridized carbons (Fsp3) is 0.200. The Morgan fingerprint density at radius 2 is 1.41 bits per heavy atom. The Hall–Kier alpha value is -0.540. The van der Waals surface area contributed by atoms with E-state index in [1.165, 1.54) is 23.8 Å².